The van der Waals surface area contributed by atoms with E-state index < -0.39 is 0 Å². The molecule has 0 spiro atoms. The third-order valence-corrected chi connectivity index (χ3v) is 3.07. The van der Waals surface area contributed by atoms with Crippen LogP contribution in [-0.2, 0) is 0 Å². The minimum Gasteiger partial charge on any atom is -0.317 e. The maximum absolute atomic E-state index is 3.78. The Labute approximate surface area is 88.4 Å². The lowest BCUT2D eigenvalue weighted by atomic mass is 9.97. The Kier molecular flexibility index (Phi) is 5.88. The van der Waals surface area contributed by atoms with Crippen LogP contribution in [0.25, 0.3) is 0 Å². The Hall–Kier alpha value is -0.340. The van der Waals surface area contributed by atoms with E-state index in [2.05, 4.69) is 23.7 Å². The molecule has 1 saturated heterocycles. The zero-order valence-electron chi connectivity index (χ0n) is 9.47. The number of hydrogen-bond donors (Lipinski definition) is 1. The monoisotopic (exact) mass is 196 g/mol. The quantitative estimate of drug-likeness (QED) is 0.653. The first kappa shape index (κ1) is 11.7. The third kappa shape index (κ3) is 4.25. The molecule has 14 heavy (non-hydrogen) atoms. The number of nitrogens with one attached hydrogen (secondary N) is 1. The SMILES string of the molecule is C=CCCN(CC)CC1CCNCC1. The fraction of sp³-hybridized carbons (Fsp3) is 0.833. The highest BCUT2D eigenvalue weighted by Gasteiger charge is 2.15. The van der Waals surface area contributed by atoms with Gasteiger partial charge in [-0.3, -0.25) is 0 Å². The van der Waals surface area contributed by atoms with Gasteiger partial charge in [0.1, 0.15) is 0 Å². The molecular weight excluding hydrogens is 172 g/mol. The summed E-state index contributed by atoms with van der Waals surface area (Å²) in [5, 5.41) is 3.41. The van der Waals surface area contributed by atoms with Crippen molar-refractivity contribution in [1.29, 1.82) is 0 Å². The molecule has 0 atom stereocenters. The van der Waals surface area contributed by atoms with Crippen LogP contribution >= 0.6 is 0 Å². The molecule has 1 rings (SSSR count). The molecule has 0 aromatic carbocycles. The first-order valence-electron chi connectivity index (χ1n) is 5.90. The van der Waals surface area contributed by atoms with Crippen molar-refractivity contribution in [3.05, 3.63) is 12.7 Å². The van der Waals surface area contributed by atoms with Gasteiger partial charge in [0.05, 0.1) is 0 Å². The average molecular weight is 196 g/mol. The fourth-order valence-electron chi connectivity index (χ4n) is 2.08. The molecule has 1 N–H and O–H groups in total. The van der Waals surface area contributed by atoms with E-state index in [1.807, 2.05) is 6.08 Å². The highest BCUT2D eigenvalue weighted by Crippen LogP contribution is 2.13. The van der Waals surface area contributed by atoms with Gasteiger partial charge in [0, 0.05) is 13.1 Å². The summed E-state index contributed by atoms with van der Waals surface area (Å²) in [6.45, 7) is 12.1. The molecule has 0 aromatic heterocycles. The number of hydrogen-bond acceptors (Lipinski definition) is 2. The van der Waals surface area contributed by atoms with Crippen LogP contribution in [0, 0.1) is 5.92 Å². The number of rotatable bonds is 6. The van der Waals surface area contributed by atoms with Crippen LogP contribution in [0.3, 0.4) is 0 Å². The minimum absolute atomic E-state index is 0.918. The van der Waals surface area contributed by atoms with Gasteiger partial charge in [0.15, 0.2) is 0 Å². The molecule has 82 valence electrons. The average Bonchev–Trinajstić information content (AvgIpc) is 2.25. The van der Waals surface area contributed by atoms with Gasteiger partial charge in [0.2, 0.25) is 0 Å². The van der Waals surface area contributed by atoms with Crippen LogP contribution in [0.15, 0.2) is 12.7 Å². The number of piperidine rings is 1. The molecule has 1 aliphatic rings. The first-order chi connectivity index (χ1) is 6.86. The van der Waals surface area contributed by atoms with Gasteiger partial charge in [-0.25, -0.2) is 0 Å². The third-order valence-electron chi connectivity index (χ3n) is 3.07. The highest BCUT2D eigenvalue weighted by atomic mass is 15.1. The molecule has 0 saturated carbocycles. The summed E-state index contributed by atoms with van der Waals surface area (Å²) in [4.78, 5) is 2.55. The lowest BCUT2D eigenvalue weighted by molar-refractivity contribution is 0.216. The van der Waals surface area contributed by atoms with Crippen LogP contribution in [0.2, 0.25) is 0 Å². The van der Waals surface area contributed by atoms with Gasteiger partial charge in [-0.1, -0.05) is 13.0 Å². The molecule has 2 nitrogen and oxygen atoms in total. The summed E-state index contributed by atoms with van der Waals surface area (Å²) in [6.07, 6.45) is 5.85. The summed E-state index contributed by atoms with van der Waals surface area (Å²) >= 11 is 0. The van der Waals surface area contributed by atoms with E-state index in [-0.39, 0.29) is 0 Å². The molecule has 0 aromatic rings. The van der Waals surface area contributed by atoms with E-state index in [4.69, 9.17) is 0 Å². The van der Waals surface area contributed by atoms with Crippen LogP contribution in [0.4, 0.5) is 0 Å². The molecule has 2 heteroatoms. The van der Waals surface area contributed by atoms with E-state index in [9.17, 15) is 0 Å². The molecule has 1 fully saturated rings. The second kappa shape index (κ2) is 7.02. The molecule has 0 amide bonds. The zero-order chi connectivity index (χ0) is 10.2. The molecule has 1 heterocycles. The summed E-state index contributed by atoms with van der Waals surface area (Å²) in [6, 6.07) is 0. The van der Waals surface area contributed by atoms with Gasteiger partial charge in [-0.05, 0) is 44.8 Å². The molecule has 0 radical (unpaired) electrons. The molecule has 0 unspecified atom stereocenters. The number of nitrogens with zero attached hydrogens (tertiary/aromatic N) is 1. The van der Waals surface area contributed by atoms with Gasteiger partial charge >= 0.3 is 0 Å². The summed E-state index contributed by atoms with van der Waals surface area (Å²) < 4.78 is 0. The second-order valence-electron chi connectivity index (χ2n) is 4.16. The summed E-state index contributed by atoms with van der Waals surface area (Å²) in [7, 11) is 0. The lowest BCUT2D eigenvalue weighted by Crippen LogP contribution is -2.36. The van der Waals surface area contributed by atoms with E-state index >= 15 is 0 Å². The van der Waals surface area contributed by atoms with Crippen molar-refractivity contribution in [3.8, 4) is 0 Å². The predicted molar refractivity (Wildman–Crippen MR) is 62.5 cm³/mol. The van der Waals surface area contributed by atoms with Crippen molar-refractivity contribution >= 4 is 0 Å². The predicted octanol–water partition coefficient (Wildman–Crippen LogP) is 1.88. The van der Waals surface area contributed by atoms with Gasteiger partial charge in [-0.15, -0.1) is 6.58 Å². The van der Waals surface area contributed by atoms with Crippen molar-refractivity contribution in [2.75, 3.05) is 32.7 Å². The van der Waals surface area contributed by atoms with Crippen molar-refractivity contribution in [3.63, 3.8) is 0 Å². The molecule has 0 aliphatic carbocycles. The normalized spacial score (nSPS) is 18.7. The first-order valence-corrected chi connectivity index (χ1v) is 5.90. The topological polar surface area (TPSA) is 15.3 Å². The highest BCUT2D eigenvalue weighted by molar-refractivity contribution is 4.74. The van der Waals surface area contributed by atoms with Crippen LogP contribution in [0.1, 0.15) is 26.2 Å². The Morgan fingerprint density at radius 2 is 2.14 bits per heavy atom. The lowest BCUT2D eigenvalue weighted by Gasteiger charge is -2.29. The van der Waals surface area contributed by atoms with E-state index in [0.29, 0.717) is 0 Å². The maximum atomic E-state index is 3.78. The fourth-order valence-corrected chi connectivity index (χ4v) is 2.08. The van der Waals surface area contributed by atoms with E-state index in [0.717, 1.165) is 12.3 Å². The smallest absolute Gasteiger partial charge is 0.00158 e. The Bertz CT molecular complexity index is 150. The van der Waals surface area contributed by atoms with Gasteiger partial charge in [0.25, 0.3) is 0 Å². The Morgan fingerprint density at radius 1 is 1.43 bits per heavy atom. The molecular formula is C12H24N2. The van der Waals surface area contributed by atoms with Crippen LogP contribution in [0.5, 0.6) is 0 Å². The van der Waals surface area contributed by atoms with Gasteiger partial charge in [-0.2, -0.15) is 0 Å². The van der Waals surface area contributed by atoms with Crippen molar-refractivity contribution in [2.45, 2.75) is 26.2 Å². The van der Waals surface area contributed by atoms with Gasteiger partial charge < -0.3 is 10.2 Å². The molecule has 1 aliphatic heterocycles. The Morgan fingerprint density at radius 3 is 2.71 bits per heavy atom. The summed E-state index contributed by atoms with van der Waals surface area (Å²) in [5.74, 6) is 0.918. The van der Waals surface area contributed by atoms with Crippen molar-refractivity contribution in [1.82, 2.24) is 10.2 Å². The van der Waals surface area contributed by atoms with Crippen LogP contribution in [-0.4, -0.2) is 37.6 Å². The van der Waals surface area contributed by atoms with E-state index in [1.165, 1.54) is 45.6 Å². The standard InChI is InChI=1S/C12H24N2/c1-3-5-10-14(4-2)11-12-6-8-13-9-7-12/h3,12-13H,1,4-11H2,2H3. The summed E-state index contributed by atoms with van der Waals surface area (Å²) in [5.41, 5.74) is 0. The Balaban J connectivity index is 2.19. The van der Waals surface area contributed by atoms with E-state index in [1.54, 1.807) is 0 Å². The largest absolute Gasteiger partial charge is 0.317 e. The maximum Gasteiger partial charge on any atom is 0.00158 e. The minimum atomic E-state index is 0.918. The molecule has 0 bridgehead atoms. The zero-order valence-corrected chi connectivity index (χ0v) is 9.47. The van der Waals surface area contributed by atoms with Crippen LogP contribution < -0.4 is 5.32 Å². The van der Waals surface area contributed by atoms with Crippen molar-refractivity contribution in [2.24, 2.45) is 5.92 Å². The van der Waals surface area contributed by atoms with Crippen molar-refractivity contribution < 1.29 is 0 Å². The second-order valence-corrected chi connectivity index (χ2v) is 4.16.